The van der Waals surface area contributed by atoms with E-state index in [1.165, 1.54) is 26.9 Å². The van der Waals surface area contributed by atoms with Gasteiger partial charge in [-0.15, -0.1) is 0 Å². The van der Waals surface area contributed by atoms with Gasteiger partial charge in [-0.2, -0.15) is 8.62 Å². The van der Waals surface area contributed by atoms with Gasteiger partial charge in [0.05, 0.1) is 49.1 Å². The predicted molar refractivity (Wildman–Crippen MR) is 237 cm³/mol. The zero-order valence-corrected chi connectivity index (χ0v) is 39.1. The zero-order valence-electron chi connectivity index (χ0n) is 34.7. The van der Waals surface area contributed by atoms with Crippen molar-refractivity contribution in [3.63, 3.8) is 0 Å². The highest BCUT2D eigenvalue weighted by Crippen LogP contribution is 2.66. The van der Waals surface area contributed by atoms with Gasteiger partial charge in [-0.25, -0.2) is 38.4 Å². The molecule has 4 saturated heterocycles. The maximum atomic E-state index is 12.1. The van der Waals surface area contributed by atoms with Gasteiger partial charge in [-0.1, -0.05) is 27.0 Å². The number of phosphoric ester groups is 1. The van der Waals surface area contributed by atoms with E-state index in [-0.39, 0.29) is 33.8 Å². The molecule has 0 aliphatic carbocycles. The molecule has 5 unspecified atom stereocenters. The molecule has 9 heterocycles. The molecule has 0 saturated carbocycles. The summed E-state index contributed by atoms with van der Waals surface area (Å²) in [6.45, 7) is -2.20. The van der Waals surface area contributed by atoms with E-state index in [4.69, 9.17) is 74.9 Å². The number of anilines is 2. The normalized spacial score (nSPS) is 30.5. The van der Waals surface area contributed by atoms with E-state index in [9.17, 15) is 33.4 Å². The molecule has 13 atom stereocenters. The van der Waals surface area contributed by atoms with E-state index in [2.05, 4.69) is 47.6 Å². The Hall–Kier alpha value is -3.64. The monoisotopic (exact) mass is 1090 g/mol. The highest BCUT2D eigenvalue weighted by atomic mass is 35.7. The molecule has 1 aromatic carbocycles. The van der Waals surface area contributed by atoms with E-state index in [1.54, 1.807) is 24.3 Å². The van der Waals surface area contributed by atoms with Crippen LogP contribution in [0, 0.1) is 0 Å². The molecule has 0 amide bonds. The van der Waals surface area contributed by atoms with Crippen molar-refractivity contribution in [2.45, 2.75) is 89.7 Å². The van der Waals surface area contributed by atoms with Crippen molar-refractivity contribution < 1.29 is 103 Å². The van der Waals surface area contributed by atoms with Crippen LogP contribution in [-0.2, 0) is 82.3 Å². The first-order valence-corrected chi connectivity index (χ1v) is 26.0. The number of halogens is 1. The molecule has 10 rings (SSSR count). The molecule has 2 aromatic heterocycles. The largest absolute Gasteiger partial charge is 0.490 e. The third-order valence-electron chi connectivity index (χ3n) is 10.3. The van der Waals surface area contributed by atoms with Crippen LogP contribution >= 0.6 is 42.4 Å². The van der Waals surface area contributed by atoms with Crippen LogP contribution in [0.1, 0.15) is 47.7 Å². The van der Waals surface area contributed by atoms with Gasteiger partial charge in [0.15, 0.2) is 0 Å². The average Bonchev–Trinajstić information content (AvgIpc) is 4.13. The topological polar surface area (TPSA) is 418 Å². The van der Waals surface area contributed by atoms with Crippen LogP contribution in [0.2, 0.25) is 0 Å². The molecule has 7 aliphatic heterocycles. The number of aliphatic hydroxyl groups excluding tert-OH is 1. The minimum Gasteiger partial charge on any atom is -0.426 e. The lowest BCUT2D eigenvalue weighted by molar-refractivity contribution is -0.248. The van der Waals surface area contributed by atoms with Crippen LogP contribution in [-0.4, -0.2) is 151 Å². The molecule has 0 spiro atoms. The number of nitrogen functional groups attached to an aromatic ring is 2. The molecule has 30 nitrogen and oxygen atoms in total. The van der Waals surface area contributed by atoms with Crippen molar-refractivity contribution in [1.82, 2.24) is 19.9 Å². The van der Waals surface area contributed by atoms with Crippen LogP contribution in [0.4, 0.5) is 11.6 Å². The Labute approximate surface area is 403 Å². The number of para-hydroxylation sites is 1. The van der Waals surface area contributed by atoms with Crippen molar-refractivity contribution in [2.75, 3.05) is 38.9 Å². The Morgan fingerprint density at radius 3 is 1.73 bits per heavy atom. The van der Waals surface area contributed by atoms with Gasteiger partial charge in [0.25, 0.3) is 13.0 Å². The van der Waals surface area contributed by atoms with Crippen molar-refractivity contribution in [2.24, 2.45) is 9.98 Å². The smallest absolute Gasteiger partial charge is 0.426 e. The number of phosphoric acid groups is 3. The summed E-state index contributed by atoms with van der Waals surface area (Å²) < 4.78 is 101. The van der Waals surface area contributed by atoms with Gasteiger partial charge < -0.3 is 83.1 Å². The number of carbonyl (C=O) groups excluding carboxylic acids is 1. The van der Waals surface area contributed by atoms with E-state index < -0.39 is 106 Å². The molecule has 386 valence electrons. The number of nitrogens with zero attached hydrogens (tertiary/aromatic N) is 6. The van der Waals surface area contributed by atoms with Crippen molar-refractivity contribution >= 4 is 71.5 Å². The molecule has 9 N–H and O–H groups in total. The zero-order chi connectivity index (χ0) is 48.7. The van der Waals surface area contributed by atoms with Crippen molar-refractivity contribution in [3.05, 3.63) is 65.0 Å². The molecule has 3 aromatic rings. The van der Waals surface area contributed by atoms with Gasteiger partial charge in [-0.3, -0.25) is 14.5 Å². The summed E-state index contributed by atoms with van der Waals surface area (Å²) >= 11 is 5.54. The van der Waals surface area contributed by atoms with Crippen LogP contribution in [0.3, 0.4) is 0 Å². The summed E-state index contributed by atoms with van der Waals surface area (Å²) in [5, 5.41) is 9.49. The van der Waals surface area contributed by atoms with Gasteiger partial charge in [0.1, 0.15) is 84.4 Å². The number of hydrogen-bond acceptors (Lipinski definition) is 26. The standard InChI is InChI=1S/C13H19N4O14P3.C13H16N4O5.C7H4ClO3P.2CH4/c1-25-13-28-9-6(3-26-33(21,22)31-34(23,24)30-32(18,19)20)27-10(11(9)29-13)8-7-5(2-15-8)12(14)17-4-16-7;1-19-13-21-9-6(3-18)20-10(11(9)22-13)8-7-5(2-15-8)12(14)17-4-16-7;8-12-10-6-4-2-1-3-5(6)7(9)11-12;;/h4,6,9-11,13H,2-3H2,1H3,(H,21,22)(H,23,24)(H2,14,16,17)(H2,18,19,20);4,6,9-11,13,18H,2-3H2,1H3,(H2,14,16,17);1-4H;2*1H4/t2*6-,9-,10+,11-,13?;;;/m11.../s1. The van der Waals surface area contributed by atoms with Gasteiger partial charge in [0, 0.05) is 25.3 Å². The van der Waals surface area contributed by atoms with Crippen LogP contribution < -0.4 is 16.0 Å². The maximum Gasteiger partial charge on any atom is 0.490 e. The summed E-state index contributed by atoms with van der Waals surface area (Å²) in [5.41, 5.74) is 15.6. The number of aromatic nitrogens is 4. The Kier molecular flexibility index (Phi) is 18.0. The van der Waals surface area contributed by atoms with Gasteiger partial charge >= 0.3 is 37.2 Å². The average molecular weight is 1090 g/mol. The minimum absolute atomic E-state index is 0. The fourth-order valence-electron chi connectivity index (χ4n) is 7.53. The SMILES string of the molecule is C.C.COC1O[C@@H]2[C@H](O1)[C@@H](CO)O[C@H]2C1=NCc2c(N)ncnc21.COC1O[C@@H]2[C@H](O1)[C@@H](COP(=O)(O)OP(=O)(O)OP(=O)(O)O)O[C@H]2C1=NCc2c(N)ncnc21.O=C1OP(Cl)Oc2ccccc21. The number of aliphatic imine (C=N–C) groups is 2. The predicted octanol–water partition coefficient (Wildman–Crippen LogP) is 2.00. The number of carbonyl (C=O) groups is 1. The molecule has 0 bridgehead atoms. The summed E-state index contributed by atoms with van der Waals surface area (Å²) in [4.78, 5) is 72.5. The first-order chi connectivity index (χ1) is 32.3. The summed E-state index contributed by atoms with van der Waals surface area (Å²) in [5.74, 6) is 0.726. The molecule has 35 heteroatoms. The number of nitrogens with two attached hydrogens (primary N) is 2. The third-order valence-corrected chi connectivity index (χ3v) is 15.2. The summed E-state index contributed by atoms with van der Waals surface area (Å²) in [6.07, 6.45) is -2.89. The summed E-state index contributed by atoms with van der Waals surface area (Å²) in [7, 11) is -15.3. The second-order valence-corrected chi connectivity index (χ2v) is 20.5. The number of hydrogen-bond donors (Lipinski definition) is 7. The Bertz CT molecular complexity index is 2600. The first kappa shape index (κ1) is 55.7. The number of aliphatic hydroxyl groups is 1. The second-order valence-electron chi connectivity index (χ2n) is 14.5. The summed E-state index contributed by atoms with van der Waals surface area (Å²) in [6, 6.07) is 6.84. The molecule has 0 radical (unpaired) electrons. The number of ether oxygens (including phenoxy) is 8. The molecule has 7 aliphatic rings. The van der Waals surface area contributed by atoms with E-state index in [0.717, 1.165) is 5.56 Å². The Morgan fingerprint density at radius 1 is 0.714 bits per heavy atom. The first-order valence-electron chi connectivity index (χ1n) is 19.4. The quantitative estimate of drug-likeness (QED) is 0.128. The number of benzene rings is 1. The lowest BCUT2D eigenvalue weighted by atomic mass is 10.0. The fourth-order valence-corrected chi connectivity index (χ4v) is 11.6. The highest BCUT2D eigenvalue weighted by Gasteiger charge is 2.57. The number of rotatable bonds is 12. The second kappa shape index (κ2) is 22.6. The molecule has 70 heavy (non-hydrogen) atoms. The lowest BCUT2D eigenvalue weighted by Gasteiger charge is -2.21. The van der Waals surface area contributed by atoms with E-state index in [1.807, 2.05) is 0 Å². The lowest BCUT2D eigenvalue weighted by Crippen LogP contribution is -2.35. The molecular formula is C35H47ClN8O22P4. The van der Waals surface area contributed by atoms with Gasteiger partial charge in [0.2, 0.25) is 0 Å². The minimum atomic E-state index is -5.67. The van der Waals surface area contributed by atoms with E-state index in [0.29, 0.717) is 52.1 Å². The highest BCUT2D eigenvalue weighted by molar-refractivity contribution is 7.76. The van der Waals surface area contributed by atoms with Crippen molar-refractivity contribution in [3.8, 4) is 5.75 Å². The van der Waals surface area contributed by atoms with Crippen LogP contribution in [0.5, 0.6) is 5.75 Å². The van der Waals surface area contributed by atoms with E-state index >= 15 is 0 Å². The van der Waals surface area contributed by atoms with Crippen LogP contribution in [0.25, 0.3) is 0 Å². The fraction of sp³-hybridized carbons (Fsp3) is 0.514. The van der Waals surface area contributed by atoms with Crippen LogP contribution in [0.15, 0.2) is 46.9 Å². The third kappa shape index (κ3) is 12.2. The number of methoxy groups -OCH3 is 2. The number of fused-ring (bicyclic) bond motifs is 5. The Balaban J connectivity index is 0.000000190. The molecule has 4 fully saturated rings. The van der Waals surface area contributed by atoms with Crippen molar-refractivity contribution in [1.29, 1.82) is 0 Å². The maximum absolute atomic E-state index is 12.1. The Morgan fingerprint density at radius 2 is 1.21 bits per heavy atom. The molecular weight excluding hydrogens is 1040 g/mol. The van der Waals surface area contributed by atoms with Gasteiger partial charge in [-0.05, 0) is 23.4 Å².